The fourth-order valence-corrected chi connectivity index (χ4v) is 13.6. The second-order valence-corrected chi connectivity index (χ2v) is 31.3. The molecule has 0 heterocycles. The van der Waals surface area contributed by atoms with Crippen molar-refractivity contribution in [3.63, 3.8) is 0 Å². The Bertz CT molecular complexity index is 1860. The smallest absolute Gasteiger partial charge is 0.462 e. The largest absolute Gasteiger partial charge is 0.472 e. The van der Waals surface area contributed by atoms with Gasteiger partial charge in [0.05, 0.1) is 26.4 Å². The lowest BCUT2D eigenvalue weighted by atomic mass is 9.99. The van der Waals surface area contributed by atoms with Gasteiger partial charge in [-0.25, -0.2) is 9.13 Å². The molecule has 0 aromatic rings. The Morgan fingerprint density at radius 2 is 0.495 bits per heavy atom. The number of ether oxygens (including phenoxy) is 4. The van der Waals surface area contributed by atoms with Crippen LogP contribution in [0.15, 0.2) is 0 Å². The minimum atomic E-state index is -4.96. The van der Waals surface area contributed by atoms with Gasteiger partial charge in [-0.05, 0) is 31.6 Å². The van der Waals surface area contributed by atoms with Crippen LogP contribution in [0.1, 0.15) is 413 Å². The van der Waals surface area contributed by atoms with E-state index in [2.05, 4.69) is 34.6 Å². The summed E-state index contributed by atoms with van der Waals surface area (Å²) in [6.45, 7) is 7.29. The molecule has 0 aliphatic rings. The highest BCUT2D eigenvalue weighted by atomic mass is 31.2. The van der Waals surface area contributed by atoms with Crippen LogP contribution in [0, 0.1) is 5.92 Å². The van der Waals surface area contributed by atoms with Crippen molar-refractivity contribution in [3.05, 3.63) is 0 Å². The van der Waals surface area contributed by atoms with Gasteiger partial charge < -0.3 is 33.8 Å². The molecule has 0 aromatic heterocycles. The van der Waals surface area contributed by atoms with E-state index in [0.717, 1.165) is 102 Å². The average molecular weight is 1420 g/mol. The first kappa shape index (κ1) is 95.1. The molecule has 576 valence electrons. The van der Waals surface area contributed by atoms with Crippen molar-refractivity contribution in [2.24, 2.45) is 5.92 Å². The van der Waals surface area contributed by atoms with Crippen LogP contribution in [0.5, 0.6) is 0 Å². The van der Waals surface area contributed by atoms with Crippen molar-refractivity contribution >= 4 is 39.5 Å². The number of rotatable bonds is 78. The van der Waals surface area contributed by atoms with Gasteiger partial charge in [0.15, 0.2) is 12.2 Å². The average Bonchev–Trinajstić information content (AvgIpc) is 1.27. The van der Waals surface area contributed by atoms with Gasteiger partial charge in [-0.2, -0.15) is 0 Å². The number of hydrogen-bond acceptors (Lipinski definition) is 15. The molecular weight excluding hydrogens is 1270 g/mol. The van der Waals surface area contributed by atoms with Gasteiger partial charge in [0.1, 0.15) is 19.3 Å². The molecule has 0 aliphatic heterocycles. The van der Waals surface area contributed by atoms with Crippen LogP contribution >= 0.6 is 15.6 Å². The number of aliphatic hydroxyl groups excluding tert-OH is 1. The van der Waals surface area contributed by atoms with Crippen LogP contribution in [0.25, 0.3) is 0 Å². The molecule has 0 fully saturated rings. The Kier molecular flexibility index (Phi) is 69.6. The van der Waals surface area contributed by atoms with Crippen molar-refractivity contribution in [2.45, 2.75) is 432 Å². The Balaban J connectivity index is 5.11. The Morgan fingerprint density at radius 1 is 0.289 bits per heavy atom. The van der Waals surface area contributed by atoms with Crippen molar-refractivity contribution in [2.75, 3.05) is 39.6 Å². The van der Waals surface area contributed by atoms with E-state index in [1.807, 2.05) is 0 Å². The van der Waals surface area contributed by atoms with Crippen molar-refractivity contribution in [1.29, 1.82) is 0 Å². The van der Waals surface area contributed by atoms with Crippen LogP contribution in [0.2, 0.25) is 0 Å². The van der Waals surface area contributed by atoms with Crippen LogP contribution in [-0.2, 0) is 65.4 Å². The van der Waals surface area contributed by atoms with Crippen LogP contribution < -0.4 is 0 Å². The first-order chi connectivity index (χ1) is 47.1. The van der Waals surface area contributed by atoms with E-state index in [4.69, 9.17) is 37.0 Å². The molecule has 0 spiro atoms. The molecular formula is C78H152O17P2. The minimum absolute atomic E-state index is 0.108. The highest BCUT2D eigenvalue weighted by Gasteiger charge is 2.30. The number of carbonyl (C=O) groups is 4. The molecule has 0 aliphatic carbocycles. The fraction of sp³-hybridized carbons (Fsp3) is 0.949. The van der Waals surface area contributed by atoms with Gasteiger partial charge in [-0.15, -0.1) is 0 Å². The molecule has 0 radical (unpaired) electrons. The number of unbranched alkanes of at least 4 members (excludes halogenated alkanes) is 49. The SMILES string of the molecule is CCCCCCCCCCCCCCCCCC(=O)OC[C@H](COP(=O)(O)OC[C@@H](O)COP(=O)(O)OC[C@@H](COC(=O)CCCCCCC)OC(=O)CCCCCCCCCCCCCCCCC)OC(=O)CCCCCCCCCCCCCCCCCCCCC(C)CC. The molecule has 3 N–H and O–H groups in total. The maximum absolute atomic E-state index is 13.1. The second kappa shape index (κ2) is 71.1. The lowest BCUT2D eigenvalue weighted by Gasteiger charge is -2.21. The summed E-state index contributed by atoms with van der Waals surface area (Å²) in [4.78, 5) is 72.6. The molecule has 19 heteroatoms. The zero-order valence-electron chi connectivity index (χ0n) is 63.2. The summed E-state index contributed by atoms with van der Waals surface area (Å²) in [5.74, 6) is -1.25. The molecule has 0 rings (SSSR count). The maximum atomic E-state index is 13.1. The number of hydrogen-bond donors (Lipinski definition) is 3. The highest BCUT2D eigenvalue weighted by Crippen LogP contribution is 2.45. The number of aliphatic hydroxyl groups is 1. The standard InChI is InChI=1S/C78H152O17P2/c1-6-10-13-16-18-20-22-24-30-35-39-43-47-52-57-62-76(81)89-68-74(95-78(83)64-59-54-49-45-41-37-33-29-27-26-28-32-34-38-42-46-51-55-60-71(5)9-4)70-93-97(86,87)91-66-72(79)65-90-96(84,85)92-69-73(67-88-75(80)61-56-50-15-12-8-3)94-77(82)63-58-53-48-44-40-36-31-25-23-21-19-17-14-11-7-2/h71-74,79H,6-70H2,1-5H3,(H,84,85)(H,86,87)/t71?,72-,73+,74+/m0/s1. The van der Waals surface area contributed by atoms with E-state index in [9.17, 15) is 43.2 Å². The molecule has 0 saturated heterocycles. The number of carbonyl (C=O) groups excluding carboxylic acids is 4. The topological polar surface area (TPSA) is 237 Å². The Labute approximate surface area is 594 Å². The summed E-state index contributed by atoms with van der Waals surface area (Å²) >= 11 is 0. The van der Waals surface area contributed by atoms with Gasteiger partial charge in [0, 0.05) is 25.7 Å². The lowest BCUT2D eigenvalue weighted by Crippen LogP contribution is -2.30. The Morgan fingerprint density at radius 3 is 0.732 bits per heavy atom. The van der Waals surface area contributed by atoms with E-state index >= 15 is 0 Å². The highest BCUT2D eigenvalue weighted by molar-refractivity contribution is 7.47. The summed E-state index contributed by atoms with van der Waals surface area (Å²) in [6.07, 6.45) is 61.4. The third kappa shape index (κ3) is 70.9. The monoisotopic (exact) mass is 1420 g/mol. The van der Waals surface area contributed by atoms with E-state index in [0.29, 0.717) is 25.7 Å². The summed E-state index contributed by atoms with van der Waals surface area (Å²) in [7, 11) is -9.90. The zero-order chi connectivity index (χ0) is 71.2. The van der Waals surface area contributed by atoms with Gasteiger partial charge in [0.2, 0.25) is 0 Å². The van der Waals surface area contributed by atoms with E-state index in [1.165, 1.54) is 231 Å². The van der Waals surface area contributed by atoms with Gasteiger partial charge >= 0.3 is 39.5 Å². The van der Waals surface area contributed by atoms with Crippen molar-refractivity contribution < 1.29 is 80.2 Å². The molecule has 0 amide bonds. The molecule has 0 bridgehead atoms. The summed E-state index contributed by atoms with van der Waals surface area (Å²) < 4.78 is 68.4. The molecule has 97 heavy (non-hydrogen) atoms. The summed E-state index contributed by atoms with van der Waals surface area (Å²) in [6, 6.07) is 0. The lowest BCUT2D eigenvalue weighted by molar-refractivity contribution is -0.161. The second-order valence-electron chi connectivity index (χ2n) is 28.3. The summed E-state index contributed by atoms with van der Waals surface area (Å²) in [5, 5.41) is 10.6. The van der Waals surface area contributed by atoms with Crippen LogP contribution in [0.4, 0.5) is 0 Å². The predicted molar refractivity (Wildman–Crippen MR) is 395 cm³/mol. The quantitative estimate of drug-likeness (QED) is 0.0222. The maximum Gasteiger partial charge on any atom is 0.472 e. The number of esters is 4. The molecule has 3 unspecified atom stereocenters. The van der Waals surface area contributed by atoms with Gasteiger partial charge in [-0.1, -0.05) is 362 Å². The molecule has 0 aromatic carbocycles. The van der Waals surface area contributed by atoms with E-state index in [1.54, 1.807) is 0 Å². The first-order valence-corrected chi connectivity index (χ1v) is 43.7. The number of phosphoric ester groups is 2. The molecule has 0 saturated carbocycles. The van der Waals surface area contributed by atoms with Crippen molar-refractivity contribution in [1.82, 2.24) is 0 Å². The fourth-order valence-electron chi connectivity index (χ4n) is 12.0. The molecule has 6 atom stereocenters. The third-order valence-electron chi connectivity index (χ3n) is 18.6. The van der Waals surface area contributed by atoms with E-state index in [-0.39, 0.29) is 25.7 Å². The van der Waals surface area contributed by atoms with Gasteiger partial charge in [-0.3, -0.25) is 37.3 Å². The van der Waals surface area contributed by atoms with Crippen LogP contribution in [-0.4, -0.2) is 96.7 Å². The predicted octanol–water partition coefficient (Wildman–Crippen LogP) is 23.3. The normalized spacial score (nSPS) is 14.2. The zero-order valence-corrected chi connectivity index (χ0v) is 65.0. The van der Waals surface area contributed by atoms with Crippen molar-refractivity contribution in [3.8, 4) is 0 Å². The summed E-state index contributed by atoms with van der Waals surface area (Å²) in [5.41, 5.74) is 0. The third-order valence-corrected chi connectivity index (χ3v) is 20.5. The molecule has 17 nitrogen and oxygen atoms in total. The van der Waals surface area contributed by atoms with E-state index < -0.39 is 97.5 Å². The Hall–Kier alpha value is -1.94. The number of phosphoric acid groups is 2. The van der Waals surface area contributed by atoms with Gasteiger partial charge in [0.25, 0.3) is 0 Å². The minimum Gasteiger partial charge on any atom is -0.462 e. The first-order valence-electron chi connectivity index (χ1n) is 40.7. The van der Waals surface area contributed by atoms with Crippen LogP contribution in [0.3, 0.4) is 0 Å².